The molecule has 2 N–H and O–H groups in total. The molecule has 0 spiro atoms. The van der Waals surface area contributed by atoms with Gasteiger partial charge in [0.2, 0.25) is 11.4 Å². The molecule has 5 nitrogen and oxygen atoms in total. The molecule has 168 valence electrons. The molecule has 0 bridgehead atoms. The van der Waals surface area contributed by atoms with E-state index in [2.05, 4.69) is 38.4 Å². The second-order valence-electron chi connectivity index (χ2n) is 7.62. The van der Waals surface area contributed by atoms with Crippen molar-refractivity contribution in [1.29, 1.82) is 5.26 Å². The van der Waals surface area contributed by atoms with Crippen molar-refractivity contribution in [3.05, 3.63) is 34.3 Å². The summed E-state index contributed by atoms with van der Waals surface area (Å²) >= 11 is 3.16. The minimum atomic E-state index is -5.02. The Morgan fingerprint density at radius 3 is 2.42 bits per heavy atom. The van der Waals surface area contributed by atoms with E-state index in [0.29, 0.717) is 4.47 Å². The second kappa shape index (κ2) is 9.68. The first-order valence-electron chi connectivity index (χ1n) is 9.12. The lowest BCUT2D eigenvalue weighted by atomic mass is 9.87. The van der Waals surface area contributed by atoms with Gasteiger partial charge in [-0.1, -0.05) is 39.9 Å². The number of nitrogens with one attached hydrogen (secondary N) is 2. The van der Waals surface area contributed by atoms with E-state index in [4.69, 9.17) is 0 Å². The Morgan fingerprint density at radius 2 is 1.90 bits per heavy atom. The number of nitriles is 1. The molecule has 4 atom stereocenters. The van der Waals surface area contributed by atoms with Gasteiger partial charge in [-0.05, 0) is 31.5 Å². The molecular formula is C20H20BrF4N3O2S. The van der Waals surface area contributed by atoms with Crippen molar-refractivity contribution in [2.75, 3.05) is 11.5 Å². The Kier molecular flexibility index (Phi) is 7.90. The van der Waals surface area contributed by atoms with Crippen molar-refractivity contribution in [1.82, 2.24) is 10.6 Å². The normalized spacial score (nSPS) is 27.8. The van der Waals surface area contributed by atoms with Gasteiger partial charge >= 0.3 is 6.18 Å². The summed E-state index contributed by atoms with van der Waals surface area (Å²) in [5.41, 5.74) is -5.35. The van der Waals surface area contributed by atoms with Crippen LogP contribution in [-0.4, -0.2) is 45.6 Å². The Bertz CT molecular complexity index is 945. The molecule has 1 aliphatic heterocycles. The highest BCUT2D eigenvalue weighted by Gasteiger charge is 2.57. The quantitative estimate of drug-likeness (QED) is 0.473. The number of benzene rings is 1. The Hall–Kier alpha value is -1.95. The maximum Gasteiger partial charge on any atom is 0.422 e. The van der Waals surface area contributed by atoms with E-state index in [1.54, 1.807) is 6.07 Å². The summed E-state index contributed by atoms with van der Waals surface area (Å²) in [4.78, 5) is 12.8. The van der Waals surface area contributed by atoms with Crippen LogP contribution < -0.4 is 10.6 Å². The van der Waals surface area contributed by atoms with Crippen molar-refractivity contribution in [2.24, 2.45) is 0 Å². The van der Waals surface area contributed by atoms with Crippen molar-refractivity contribution in [2.45, 2.75) is 49.7 Å². The zero-order valence-electron chi connectivity index (χ0n) is 16.6. The molecule has 0 aliphatic carbocycles. The van der Waals surface area contributed by atoms with Crippen LogP contribution in [-0.2, 0) is 21.1 Å². The summed E-state index contributed by atoms with van der Waals surface area (Å²) in [5.74, 6) is 2.68. The van der Waals surface area contributed by atoms with Gasteiger partial charge in [0.15, 0.2) is 0 Å². The number of rotatable bonds is 3. The molecule has 0 saturated heterocycles. The third-order valence-corrected chi connectivity index (χ3v) is 6.13. The van der Waals surface area contributed by atoms with Crippen molar-refractivity contribution in [3.8, 4) is 17.9 Å². The summed E-state index contributed by atoms with van der Waals surface area (Å²) < 4.78 is 70.6. The van der Waals surface area contributed by atoms with E-state index in [0.717, 1.165) is 13.8 Å². The van der Waals surface area contributed by atoms with Crippen LogP contribution in [0.4, 0.5) is 17.6 Å². The fraction of sp³-hybridized carbons (Fsp3) is 0.500. The van der Waals surface area contributed by atoms with E-state index in [1.165, 1.54) is 24.3 Å². The molecule has 0 fully saturated rings. The highest BCUT2D eigenvalue weighted by molar-refractivity contribution is 9.10. The summed E-state index contributed by atoms with van der Waals surface area (Å²) in [5, 5.41) is 13.7. The summed E-state index contributed by atoms with van der Waals surface area (Å²) in [6.45, 7) is 2.26. The predicted molar refractivity (Wildman–Crippen MR) is 112 cm³/mol. The van der Waals surface area contributed by atoms with Gasteiger partial charge in [0.25, 0.3) is 0 Å². The lowest BCUT2D eigenvalue weighted by Crippen LogP contribution is -2.61. The number of carbonyl (C=O) groups is 1. The van der Waals surface area contributed by atoms with Crippen LogP contribution in [0.25, 0.3) is 0 Å². The Balaban J connectivity index is 2.70. The molecule has 0 saturated carbocycles. The molecule has 11 heteroatoms. The molecule has 0 aromatic heterocycles. The second-order valence-corrected chi connectivity index (χ2v) is 10.0. The molecule has 0 unspecified atom stereocenters. The SMILES string of the molecule is CC(C)(F)C[C@@H]1N[C@@](c2ccc(Br)cc2)(C(F)(F)F)C#CC[S@](=O)C[C@@H](C#N)NC1=O. The van der Waals surface area contributed by atoms with Crippen LogP contribution >= 0.6 is 15.9 Å². The minimum Gasteiger partial charge on any atom is -0.338 e. The van der Waals surface area contributed by atoms with Gasteiger partial charge in [-0.2, -0.15) is 18.4 Å². The van der Waals surface area contributed by atoms with Gasteiger partial charge in [0.1, 0.15) is 11.7 Å². The number of halogens is 5. The fourth-order valence-corrected chi connectivity index (χ4v) is 4.19. The van der Waals surface area contributed by atoms with Gasteiger partial charge in [-0.25, -0.2) is 4.39 Å². The number of carbonyl (C=O) groups excluding carboxylic acids is 1. The first-order chi connectivity index (χ1) is 14.3. The molecule has 1 heterocycles. The van der Waals surface area contributed by atoms with Gasteiger partial charge in [-0.15, -0.1) is 0 Å². The smallest absolute Gasteiger partial charge is 0.338 e. The average Bonchev–Trinajstić information content (AvgIpc) is 2.66. The monoisotopic (exact) mass is 521 g/mol. The number of hydrogen-bond acceptors (Lipinski definition) is 4. The topological polar surface area (TPSA) is 82.0 Å². The maximum absolute atomic E-state index is 14.5. The van der Waals surface area contributed by atoms with Crippen LogP contribution in [0.3, 0.4) is 0 Å². The first kappa shape index (κ1) is 25.3. The first-order valence-corrected chi connectivity index (χ1v) is 11.4. The zero-order valence-corrected chi connectivity index (χ0v) is 19.0. The van der Waals surface area contributed by atoms with Crippen molar-refractivity contribution >= 4 is 32.6 Å². The predicted octanol–water partition coefficient (Wildman–Crippen LogP) is 3.08. The van der Waals surface area contributed by atoms with Gasteiger partial charge in [0, 0.05) is 21.7 Å². The van der Waals surface area contributed by atoms with Crippen LogP contribution in [0.15, 0.2) is 28.7 Å². The summed E-state index contributed by atoms with van der Waals surface area (Å²) in [7, 11) is -1.78. The lowest BCUT2D eigenvalue weighted by Gasteiger charge is -2.37. The van der Waals surface area contributed by atoms with Gasteiger partial charge < -0.3 is 5.32 Å². The summed E-state index contributed by atoms with van der Waals surface area (Å²) in [6.07, 6.45) is -5.63. The average molecular weight is 522 g/mol. The molecule has 0 radical (unpaired) electrons. The highest BCUT2D eigenvalue weighted by Crippen LogP contribution is 2.40. The molecule has 1 aromatic carbocycles. The zero-order chi connectivity index (χ0) is 23.4. The summed E-state index contributed by atoms with van der Waals surface area (Å²) in [6, 6.07) is 3.99. The number of alkyl halides is 4. The van der Waals surface area contributed by atoms with Crippen LogP contribution in [0.2, 0.25) is 0 Å². The van der Waals surface area contributed by atoms with Gasteiger partial charge in [0.05, 0.1) is 23.6 Å². The van der Waals surface area contributed by atoms with Crippen molar-refractivity contribution in [3.63, 3.8) is 0 Å². The van der Waals surface area contributed by atoms with Crippen LogP contribution in [0, 0.1) is 23.2 Å². The largest absolute Gasteiger partial charge is 0.422 e. The molecule has 1 aromatic rings. The van der Waals surface area contributed by atoms with E-state index < -0.39 is 58.3 Å². The van der Waals surface area contributed by atoms with E-state index in [-0.39, 0.29) is 11.3 Å². The third kappa shape index (κ3) is 6.52. The van der Waals surface area contributed by atoms with Crippen LogP contribution in [0.1, 0.15) is 25.8 Å². The minimum absolute atomic E-state index is 0.306. The highest BCUT2D eigenvalue weighted by atomic mass is 79.9. The number of amides is 1. The number of nitrogens with zero attached hydrogens (tertiary/aromatic N) is 1. The van der Waals surface area contributed by atoms with E-state index in [1.807, 2.05) is 0 Å². The molecule has 1 amide bonds. The van der Waals surface area contributed by atoms with Crippen molar-refractivity contribution < 1.29 is 26.6 Å². The Labute approximate surface area is 188 Å². The molecular weight excluding hydrogens is 502 g/mol. The van der Waals surface area contributed by atoms with Crippen LogP contribution in [0.5, 0.6) is 0 Å². The maximum atomic E-state index is 14.5. The lowest BCUT2D eigenvalue weighted by molar-refractivity contribution is -0.185. The molecule has 1 aliphatic rings. The standard InChI is InChI=1S/C20H20BrF4N3O2S/c1-18(2,22)10-16-17(29)27-15(11-26)12-31(30)9-3-8-19(28-16,20(23,24)25)13-4-6-14(21)7-5-13/h4-7,15-16,28H,9-10,12H2,1-2H3,(H,27,29)/t15-,16+,19+,31+/m1/s1. The molecule has 31 heavy (non-hydrogen) atoms. The van der Waals surface area contributed by atoms with Gasteiger partial charge in [-0.3, -0.25) is 14.3 Å². The van der Waals surface area contributed by atoms with E-state index >= 15 is 0 Å². The van der Waals surface area contributed by atoms with E-state index in [9.17, 15) is 31.8 Å². The Morgan fingerprint density at radius 1 is 1.29 bits per heavy atom. The molecule has 2 rings (SSSR count). The third-order valence-electron chi connectivity index (χ3n) is 4.43. The number of hydrogen-bond donors (Lipinski definition) is 2. The fourth-order valence-electron chi connectivity index (χ4n) is 3.04.